The maximum Gasteiger partial charge on any atom is 0.191 e. The molecule has 0 saturated carbocycles. The Morgan fingerprint density at radius 1 is 1.15 bits per heavy atom. The first kappa shape index (κ1) is 23.2. The molecule has 1 aliphatic rings. The van der Waals surface area contributed by atoms with E-state index in [1.165, 1.54) is 31.5 Å². The van der Waals surface area contributed by atoms with Gasteiger partial charge >= 0.3 is 0 Å². The van der Waals surface area contributed by atoms with Crippen LogP contribution < -0.4 is 10.6 Å². The lowest BCUT2D eigenvalue weighted by molar-refractivity contribution is 0.0776. The fourth-order valence-corrected chi connectivity index (χ4v) is 3.20. The molecule has 1 saturated heterocycles. The van der Waals surface area contributed by atoms with Gasteiger partial charge in [0.25, 0.3) is 0 Å². The maximum atomic E-state index is 5.57. The summed E-state index contributed by atoms with van der Waals surface area (Å²) in [5, 5.41) is 6.88. The van der Waals surface area contributed by atoms with Crippen LogP contribution >= 0.6 is 24.0 Å². The standard InChI is InChI=1S/C20H34N4O.HI/c1-17(2)25-15-9-12-22-20(21-3)23-16-19(24-13-7-8-14-24)18-10-5-4-6-11-18;/h4-6,10-11,17,19H,7-9,12-16H2,1-3H3,(H2,21,22,23);1H. The van der Waals surface area contributed by atoms with E-state index >= 15 is 0 Å². The lowest BCUT2D eigenvalue weighted by Gasteiger charge is -2.29. The van der Waals surface area contributed by atoms with Gasteiger partial charge in [0.05, 0.1) is 12.1 Å². The molecule has 2 N–H and O–H groups in total. The van der Waals surface area contributed by atoms with Crippen LogP contribution in [0.3, 0.4) is 0 Å². The Hall–Kier alpha value is -0.860. The van der Waals surface area contributed by atoms with Gasteiger partial charge in [0.2, 0.25) is 0 Å². The van der Waals surface area contributed by atoms with Crippen LogP contribution in [0.5, 0.6) is 0 Å². The Morgan fingerprint density at radius 2 is 1.85 bits per heavy atom. The number of guanidine groups is 1. The molecular weight excluding hydrogens is 439 g/mol. The molecule has 0 aliphatic carbocycles. The van der Waals surface area contributed by atoms with Crippen LogP contribution in [0.25, 0.3) is 0 Å². The normalized spacial score (nSPS) is 16.4. The molecule has 0 radical (unpaired) electrons. The highest BCUT2D eigenvalue weighted by Gasteiger charge is 2.23. The molecule has 0 bridgehead atoms. The number of aliphatic imine (C=N–C) groups is 1. The quantitative estimate of drug-likeness (QED) is 0.249. The molecule has 1 heterocycles. The monoisotopic (exact) mass is 474 g/mol. The average molecular weight is 474 g/mol. The predicted molar refractivity (Wildman–Crippen MR) is 120 cm³/mol. The van der Waals surface area contributed by atoms with E-state index in [1.807, 2.05) is 7.05 Å². The molecule has 0 amide bonds. The van der Waals surface area contributed by atoms with Crippen molar-refractivity contribution in [2.45, 2.75) is 45.3 Å². The summed E-state index contributed by atoms with van der Waals surface area (Å²) in [6.07, 6.45) is 3.87. The number of benzene rings is 1. The van der Waals surface area contributed by atoms with E-state index in [2.05, 4.69) is 64.7 Å². The molecule has 6 heteroatoms. The highest BCUT2D eigenvalue weighted by molar-refractivity contribution is 14.0. The number of hydrogen-bond acceptors (Lipinski definition) is 3. The zero-order valence-electron chi connectivity index (χ0n) is 16.4. The molecule has 2 rings (SSSR count). The summed E-state index contributed by atoms with van der Waals surface area (Å²) in [6, 6.07) is 11.2. The molecule has 1 aromatic carbocycles. The van der Waals surface area contributed by atoms with E-state index in [4.69, 9.17) is 4.74 Å². The van der Waals surface area contributed by atoms with E-state index in [-0.39, 0.29) is 24.0 Å². The van der Waals surface area contributed by atoms with Crippen LogP contribution in [0.15, 0.2) is 35.3 Å². The summed E-state index contributed by atoms with van der Waals surface area (Å²) >= 11 is 0. The fourth-order valence-electron chi connectivity index (χ4n) is 3.20. The second kappa shape index (κ2) is 13.3. The van der Waals surface area contributed by atoms with Crippen LogP contribution in [0, 0.1) is 0 Å². The van der Waals surface area contributed by atoms with E-state index in [0.29, 0.717) is 12.1 Å². The van der Waals surface area contributed by atoms with Gasteiger partial charge in [-0.1, -0.05) is 30.3 Å². The summed E-state index contributed by atoms with van der Waals surface area (Å²) < 4.78 is 5.57. The van der Waals surface area contributed by atoms with Gasteiger partial charge in [-0.2, -0.15) is 0 Å². The summed E-state index contributed by atoms with van der Waals surface area (Å²) in [5.41, 5.74) is 1.37. The van der Waals surface area contributed by atoms with Crippen molar-refractivity contribution in [3.05, 3.63) is 35.9 Å². The molecule has 1 aliphatic heterocycles. The number of likely N-dealkylation sites (tertiary alicyclic amines) is 1. The van der Waals surface area contributed by atoms with Crippen molar-refractivity contribution < 1.29 is 4.74 Å². The highest BCUT2D eigenvalue weighted by Crippen LogP contribution is 2.24. The highest BCUT2D eigenvalue weighted by atomic mass is 127. The SMILES string of the molecule is CN=C(NCCCOC(C)C)NCC(c1ccccc1)N1CCCC1.I. The summed E-state index contributed by atoms with van der Waals surface area (Å²) in [5.74, 6) is 0.865. The predicted octanol–water partition coefficient (Wildman–Crippen LogP) is 3.42. The van der Waals surface area contributed by atoms with Crippen molar-refractivity contribution in [3.8, 4) is 0 Å². The van der Waals surface area contributed by atoms with Gasteiger partial charge in [-0.3, -0.25) is 9.89 Å². The second-order valence-corrected chi connectivity index (χ2v) is 6.82. The van der Waals surface area contributed by atoms with Gasteiger partial charge in [-0.15, -0.1) is 24.0 Å². The molecule has 26 heavy (non-hydrogen) atoms. The topological polar surface area (TPSA) is 48.9 Å². The van der Waals surface area contributed by atoms with Crippen LogP contribution in [-0.2, 0) is 4.74 Å². The summed E-state index contributed by atoms with van der Waals surface area (Å²) in [6.45, 7) is 9.01. The van der Waals surface area contributed by atoms with E-state index in [1.54, 1.807) is 0 Å². The van der Waals surface area contributed by atoms with E-state index < -0.39 is 0 Å². The van der Waals surface area contributed by atoms with Crippen molar-refractivity contribution in [2.75, 3.05) is 39.8 Å². The van der Waals surface area contributed by atoms with Gasteiger partial charge in [0.15, 0.2) is 5.96 Å². The minimum absolute atomic E-state index is 0. The van der Waals surface area contributed by atoms with Crippen molar-refractivity contribution in [1.29, 1.82) is 0 Å². The Kier molecular flexibility index (Phi) is 11.9. The maximum absolute atomic E-state index is 5.57. The lowest BCUT2D eigenvalue weighted by Crippen LogP contribution is -2.43. The van der Waals surface area contributed by atoms with E-state index in [9.17, 15) is 0 Å². The first-order valence-electron chi connectivity index (χ1n) is 9.56. The molecule has 1 aromatic rings. The minimum Gasteiger partial charge on any atom is -0.379 e. The van der Waals surface area contributed by atoms with Crippen molar-refractivity contribution in [2.24, 2.45) is 4.99 Å². The van der Waals surface area contributed by atoms with Gasteiger partial charge in [0, 0.05) is 26.7 Å². The molecule has 1 fully saturated rings. The molecule has 1 atom stereocenters. The van der Waals surface area contributed by atoms with Gasteiger partial charge < -0.3 is 15.4 Å². The van der Waals surface area contributed by atoms with Crippen LogP contribution in [0.1, 0.15) is 44.7 Å². The van der Waals surface area contributed by atoms with Crippen molar-refractivity contribution in [3.63, 3.8) is 0 Å². The average Bonchev–Trinajstić information content (AvgIpc) is 3.15. The largest absolute Gasteiger partial charge is 0.379 e. The molecule has 1 unspecified atom stereocenters. The second-order valence-electron chi connectivity index (χ2n) is 6.82. The summed E-state index contributed by atoms with van der Waals surface area (Å²) in [7, 11) is 1.83. The van der Waals surface area contributed by atoms with Crippen LogP contribution in [-0.4, -0.2) is 56.8 Å². The lowest BCUT2D eigenvalue weighted by atomic mass is 10.1. The van der Waals surface area contributed by atoms with E-state index in [0.717, 1.165) is 32.1 Å². The first-order valence-corrected chi connectivity index (χ1v) is 9.56. The van der Waals surface area contributed by atoms with Crippen molar-refractivity contribution in [1.82, 2.24) is 15.5 Å². The smallest absolute Gasteiger partial charge is 0.191 e. The summed E-state index contributed by atoms with van der Waals surface area (Å²) in [4.78, 5) is 6.92. The number of halogens is 1. The number of ether oxygens (including phenoxy) is 1. The number of nitrogens with one attached hydrogen (secondary N) is 2. The van der Waals surface area contributed by atoms with Gasteiger partial charge in [-0.25, -0.2) is 0 Å². The number of nitrogens with zero attached hydrogens (tertiary/aromatic N) is 2. The van der Waals surface area contributed by atoms with Crippen LogP contribution in [0.4, 0.5) is 0 Å². The Morgan fingerprint density at radius 3 is 2.46 bits per heavy atom. The zero-order valence-corrected chi connectivity index (χ0v) is 18.7. The molecular formula is C20H35IN4O. The minimum atomic E-state index is 0. The number of hydrogen-bond donors (Lipinski definition) is 2. The zero-order chi connectivity index (χ0) is 17.9. The molecule has 0 spiro atoms. The third-order valence-electron chi connectivity index (χ3n) is 4.52. The third kappa shape index (κ3) is 8.22. The fraction of sp³-hybridized carbons (Fsp3) is 0.650. The molecule has 0 aromatic heterocycles. The van der Waals surface area contributed by atoms with Crippen molar-refractivity contribution >= 4 is 29.9 Å². The Labute approximate surface area is 176 Å². The van der Waals surface area contributed by atoms with Gasteiger partial charge in [-0.05, 0) is 51.8 Å². The first-order chi connectivity index (χ1) is 12.2. The third-order valence-corrected chi connectivity index (χ3v) is 4.52. The van der Waals surface area contributed by atoms with Crippen LogP contribution in [0.2, 0.25) is 0 Å². The van der Waals surface area contributed by atoms with Gasteiger partial charge in [0.1, 0.15) is 0 Å². The Balaban J connectivity index is 0.00000338. The molecule has 148 valence electrons. The number of rotatable bonds is 9. The Bertz CT molecular complexity index is 504. The molecule has 5 nitrogen and oxygen atoms in total.